The summed E-state index contributed by atoms with van der Waals surface area (Å²) in [5, 5.41) is 12.2. The average molecular weight is 242 g/mol. The molecule has 17 heavy (non-hydrogen) atoms. The molecule has 1 fully saturated rings. The van der Waals surface area contributed by atoms with Gasteiger partial charge in [-0.05, 0) is 32.4 Å². The third-order valence-electron chi connectivity index (χ3n) is 3.64. The van der Waals surface area contributed by atoms with Crippen LogP contribution in [0.3, 0.4) is 0 Å². The van der Waals surface area contributed by atoms with Crippen LogP contribution in [0.15, 0.2) is 0 Å². The normalized spacial score (nSPS) is 24.2. The van der Waals surface area contributed by atoms with E-state index >= 15 is 0 Å². The monoisotopic (exact) mass is 242 g/mol. The minimum absolute atomic E-state index is 0.424. The second-order valence-electron chi connectivity index (χ2n) is 4.85. The summed E-state index contributed by atoms with van der Waals surface area (Å²) in [6.45, 7) is 6.55. The first-order valence-electron chi connectivity index (χ1n) is 6.89. The van der Waals surface area contributed by atoms with Crippen LogP contribution in [0.1, 0.15) is 46.0 Å². The number of carbonyl (C=O) groups is 1. The Hall–Kier alpha value is -0.610. The van der Waals surface area contributed by atoms with Crippen LogP contribution in [0, 0.1) is 0 Å². The molecule has 1 aliphatic heterocycles. The van der Waals surface area contributed by atoms with Crippen LogP contribution in [0.5, 0.6) is 0 Å². The molecule has 100 valence electrons. The molecule has 4 nitrogen and oxygen atoms in total. The molecular weight excluding hydrogens is 216 g/mol. The Morgan fingerprint density at radius 1 is 1.41 bits per heavy atom. The van der Waals surface area contributed by atoms with Crippen molar-refractivity contribution in [2.45, 2.75) is 58.0 Å². The van der Waals surface area contributed by atoms with Crippen LogP contribution in [0.25, 0.3) is 0 Å². The summed E-state index contributed by atoms with van der Waals surface area (Å²) < 4.78 is 0. The van der Waals surface area contributed by atoms with E-state index in [0.717, 1.165) is 13.0 Å². The molecule has 0 aromatic carbocycles. The SMILES string of the molecule is CCNC(CN1CCCCCC1CC)C(=O)O. The second-order valence-corrected chi connectivity index (χ2v) is 4.85. The van der Waals surface area contributed by atoms with Gasteiger partial charge in [0.2, 0.25) is 0 Å². The number of rotatable bonds is 6. The number of carboxylic acids is 1. The van der Waals surface area contributed by atoms with Gasteiger partial charge in [0.15, 0.2) is 0 Å². The number of nitrogens with zero attached hydrogens (tertiary/aromatic N) is 1. The van der Waals surface area contributed by atoms with Gasteiger partial charge in [0.05, 0.1) is 0 Å². The fourth-order valence-corrected chi connectivity index (χ4v) is 2.65. The summed E-state index contributed by atoms with van der Waals surface area (Å²) >= 11 is 0. The summed E-state index contributed by atoms with van der Waals surface area (Å²) in [6, 6.07) is 0.144. The predicted octanol–water partition coefficient (Wildman–Crippen LogP) is 1.70. The Balaban J connectivity index is 2.57. The van der Waals surface area contributed by atoms with E-state index in [4.69, 9.17) is 0 Å². The lowest BCUT2D eigenvalue weighted by Crippen LogP contribution is -2.49. The van der Waals surface area contributed by atoms with Crippen molar-refractivity contribution >= 4 is 5.97 Å². The maximum absolute atomic E-state index is 11.2. The zero-order valence-electron chi connectivity index (χ0n) is 11.1. The molecule has 2 unspecified atom stereocenters. The van der Waals surface area contributed by atoms with Crippen molar-refractivity contribution in [1.82, 2.24) is 10.2 Å². The smallest absolute Gasteiger partial charge is 0.322 e. The summed E-state index contributed by atoms with van der Waals surface area (Å²) in [7, 11) is 0. The lowest BCUT2D eigenvalue weighted by molar-refractivity contribution is -0.140. The van der Waals surface area contributed by atoms with Crippen molar-refractivity contribution < 1.29 is 9.90 Å². The van der Waals surface area contributed by atoms with Gasteiger partial charge in [-0.2, -0.15) is 0 Å². The standard InChI is InChI=1S/C13H26N2O2/c1-3-11-8-6-5-7-9-15(11)10-12(13(16)17)14-4-2/h11-12,14H,3-10H2,1-2H3,(H,16,17). The Kier molecular flexibility index (Phi) is 6.52. The molecule has 1 saturated heterocycles. The van der Waals surface area contributed by atoms with Crippen LogP contribution in [0.4, 0.5) is 0 Å². The van der Waals surface area contributed by atoms with E-state index in [1.54, 1.807) is 0 Å². The van der Waals surface area contributed by atoms with E-state index in [1.165, 1.54) is 25.7 Å². The van der Waals surface area contributed by atoms with Gasteiger partial charge in [-0.1, -0.05) is 26.7 Å². The Morgan fingerprint density at radius 2 is 2.18 bits per heavy atom. The van der Waals surface area contributed by atoms with E-state index < -0.39 is 12.0 Å². The van der Waals surface area contributed by atoms with Crippen LogP contribution in [-0.4, -0.2) is 47.7 Å². The molecule has 1 heterocycles. The zero-order chi connectivity index (χ0) is 12.7. The van der Waals surface area contributed by atoms with Crippen molar-refractivity contribution in [2.75, 3.05) is 19.6 Å². The van der Waals surface area contributed by atoms with Crippen LogP contribution >= 0.6 is 0 Å². The number of hydrogen-bond donors (Lipinski definition) is 2. The third-order valence-corrected chi connectivity index (χ3v) is 3.64. The molecule has 1 aliphatic rings. The minimum atomic E-state index is -0.731. The van der Waals surface area contributed by atoms with Crippen molar-refractivity contribution in [3.05, 3.63) is 0 Å². The highest BCUT2D eigenvalue weighted by molar-refractivity contribution is 5.73. The maximum Gasteiger partial charge on any atom is 0.322 e. The molecule has 0 aromatic rings. The molecule has 0 bridgehead atoms. The third kappa shape index (κ3) is 4.64. The zero-order valence-corrected chi connectivity index (χ0v) is 11.1. The van der Waals surface area contributed by atoms with Gasteiger partial charge in [-0.3, -0.25) is 9.69 Å². The van der Waals surface area contributed by atoms with Gasteiger partial charge in [-0.15, -0.1) is 0 Å². The van der Waals surface area contributed by atoms with Crippen LogP contribution in [-0.2, 0) is 4.79 Å². The van der Waals surface area contributed by atoms with Gasteiger partial charge >= 0.3 is 5.97 Å². The number of nitrogens with one attached hydrogen (secondary N) is 1. The predicted molar refractivity (Wildman–Crippen MR) is 69.2 cm³/mol. The molecule has 0 radical (unpaired) electrons. The first-order valence-corrected chi connectivity index (χ1v) is 6.89. The molecule has 0 aromatic heterocycles. The summed E-state index contributed by atoms with van der Waals surface area (Å²) in [4.78, 5) is 13.5. The maximum atomic E-state index is 11.2. The Morgan fingerprint density at radius 3 is 2.76 bits per heavy atom. The van der Waals surface area contributed by atoms with Crippen molar-refractivity contribution in [1.29, 1.82) is 0 Å². The van der Waals surface area contributed by atoms with E-state index in [2.05, 4.69) is 17.1 Å². The second kappa shape index (κ2) is 7.67. The van der Waals surface area contributed by atoms with Crippen molar-refractivity contribution in [2.24, 2.45) is 0 Å². The summed E-state index contributed by atoms with van der Waals surface area (Å²) in [5.74, 6) is -0.731. The van der Waals surface area contributed by atoms with Gasteiger partial charge in [0.1, 0.15) is 6.04 Å². The van der Waals surface area contributed by atoms with Crippen molar-refractivity contribution in [3.63, 3.8) is 0 Å². The van der Waals surface area contributed by atoms with E-state index in [0.29, 0.717) is 19.1 Å². The molecule has 0 aliphatic carbocycles. The molecule has 0 saturated carbocycles. The van der Waals surface area contributed by atoms with E-state index in [9.17, 15) is 9.90 Å². The number of likely N-dealkylation sites (tertiary alicyclic amines) is 1. The molecule has 0 spiro atoms. The van der Waals surface area contributed by atoms with Gasteiger partial charge in [0.25, 0.3) is 0 Å². The molecule has 2 atom stereocenters. The minimum Gasteiger partial charge on any atom is -0.480 e. The highest BCUT2D eigenvalue weighted by Crippen LogP contribution is 2.19. The molecule has 0 amide bonds. The molecule has 1 rings (SSSR count). The highest BCUT2D eigenvalue weighted by Gasteiger charge is 2.25. The number of hydrogen-bond acceptors (Lipinski definition) is 3. The Bertz CT molecular complexity index is 233. The summed E-state index contributed by atoms with van der Waals surface area (Å²) in [5.41, 5.74) is 0. The fourth-order valence-electron chi connectivity index (χ4n) is 2.65. The van der Waals surface area contributed by atoms with E-state index in [-0.39, 0.29) is 0 Å². The van der Waals surface area contributed by atoms with E-state index in [1.807, 2.05) is 6.92 Å². The van der Waals surface area contributed by atoms with Gasteiger partial charge in [0, 0.05) is 12.6 Å². The molecular formula is C13H26N2O2. The topological polar surface area (TPSA) is 52.6 Å². The number of carboxylic acid groups (broad SMARTS) is 1. The average Bonchev–Trinajstić information content (AvgIpc) is 2.53. The highest BCUT2D eigenvalue weighted by atomic mass is 16.4. The lowest BCUT2D eigenvalue weighted by Gasteiger charge is -2.31. The number of likely N-dealkylation sites (N-methyl/N-ethyl adjacent to an activating group) is 1. The van der Waals surface area contributed by atoms with Gasteiger partial charge < -0.3 is 10.4 Å². The fraction of sp³-hybridized carbons (Fsp3) is 0.923. The van der Waals surface area contributed by atoms with Gasteiger partial charge in [-0.25, -0.2) is 0 Å². The van der Waals surface area contributed by atoms with Crippen molar-refractivity contribution in [3.8, 4) is 0 Å². The molecule has 4 heteroatoms. The van der Waals surface area contributed by atoms with Crippen LogP contribution < -0.4 is 5.32 Å². The quantitative estimate of drug-likeness (QED) is 0.744. The Labute approximate surface area is 104 Å². The molecule has 2 N–H and O–H groups in total. The first kappa shape index (κ1) is 14.5. The lowest BCUT2D eigenvalue weighted by atomic mass is 10.1. The largest absolute Gasteiger partial charge is 0.480 e. The van der Waals surface area contributed by atoms with Crippen LogP contribution in [0.2, 0.25) is 0 Å². The number of aliphatic carboxylic acids is 1. The first-order chi connectivity index (χ1) is 8.19. The summed E-state index contributed by atoms with van der Waals surface area (Å²) in [6.07, 6.45) is 6.11.